The molecule has 0 radical (unpaired) electrons. The van der Waals surface area contributed by atoms with Crippen LogP contribution in [0.2, 0.25) is 0 Å². The van der Waals surface area contributed by atoms with Crippen molar-refractivity contribution in [1.29, 1.82) is 0 Å². The molecule has 2 atom stereocenters. The van der Waals surface area contributed by atoms with Crippen LogP contribution in [0.25, 0.3) is 0 Å². The predicted octanol–water partition coefficient (Wildman–Crippen LogP) is -0.0438. The molecule has 2 heteroatoms. The minimum absolute atomic E-state index is 0.642. The summed E-state index contributed by atoms with van der Waals surface area (Å²) in [5.41, 5.74) is 0. The highest BCUT2D eigenvalue weighted by molar-refractivity contribution is 4.79. The van der Waals surface area contributed by atoms with Gasteiger partial charge in [0.15, 0.2) is 0 Å². The number of rotatable bonds is 0. The molecule has 1 saturated heterocycles. The highest BCUT2D eigenvalue weighted by Crippen LogP contribution is 1.93. The van der Waals surface area contributed by atoms with Crippen molar-refractivity contribution in [2.75, 3.05) is 13.1 Å². The van der Waals surface area contributed by atoms with Gasteiger partial charge in [-0.1, -0.05) is 0 Å². The van der Waals surface area contributed by atoms with Gasteiger partial charge in [-0.3, -0.25) is 0 Å². The lowest BCUT2D eigenvalue weighted by molar-refractivity contribution is 0.358. The molecular weight excluding hydrogens is 100 g/mol. The molecule has 0 bridgehead atoms. The van der Waals surface area contributed by atoms with Gasteiger partial charge in [-0.05, 0) is 13.8 Å². The van der Waals surface area contributed by atoms with E-state index in [2.05, 4.69) is 24.5 Å². The van der Waals surface area contributed by atoms with Crippen LogP contribution in [0.1, 0.15) is 13.8 Å². The fourth-order valence-electron chi connectivity index (χ4n) is 0.953. The Morgan fingerprint density at radius 2 is 1.38 bits per heavy atom. The van der Waals surface area contributed by atoms with Crippen LogP contribution in [0, 0.1) is 0 Å². The summed E-state index contributed by atoms with van der Waals surface area (Å²) in [5, 5.41) is 6.74. The van der Waals surface area contributed by atoms with E-state index in [-0.39, 0.29) is 0 Å². The molecule has 0 aromatic rings. The number of piperazine rings is 1. The molecule has 0 aromatic heterocycles. The van der Waals surface area contributed by atoms with E-state index in [1.165, 1.54) is 0 Å². The van der Waals surface area contributed by atoms with Gasteiger partial charge in [0.1, 0.15) is 0 Å². The molecule has 0 aromatic carbocycles. The van der Waals surface area contributed by atoms with Crippen LogP contribution in [-0.4, -0.2) is 25.2 Å². The Kier molecular flexibility index (Phi) is 1.86. The zero-order chi connectivity index (χ0) is 5.98. The Bertz CT molecular complexity index is 62.9. The first-order valence-electron chi connectivity index (χ1n) is 3.27. The number of hydrogen-bond acceptors (Lipinski definition) is 2. The molecule has 1 aliphatic heterocycles. The fourth-order valence-corrected chi connectivity index (χ4v) is 0.953. The standard InChI is InChI=1S/C6H14N2/c1-5-6(2)8-4-3-7-5/h5-8H,3-4H2,1-2H3. The summed E-state index contributed by atoms with van der Waals surface area (Å²) in [6, 6.07) is 1.28. The van der Waals surface area contributed by atoms with E-state index in [1.54, 1.807) is 0 Å². The SMILES string of the molecule is CC1NCCNC1C. The Hall–Kier alpha value is -0.0800. The molecule has 2 unspecified atom stereocenters. The van der Waals surface area contributed by atoms with Gasteiger partial charge in [-0.25, -0.2) is 0 Å². The van der Waals surface area contributed by atoms with Crippen molar-refractivity contribution in [3.05, 3.63) is 0 Å². The molecule has 2 N–H and O–H groups in total. The lowest BCUT2D eigenvalue weighted by atomic mass is 10.1. The van der Waals surface area contributed by atoms with Gasteiger partial charge in [0.05, 0.1) is 0 Å². The zero-order valence-electron chi connectivity index (χ0n) is 5.57. The highest BCUT2D eigenvalue weighted by Gasteiger charge is 2.13. The fraction of sp³-hybridized carbons (Fsp3) is 1.00. The minimum atomic E-state index is 0.642. The maximum Gasteiger partial charge on any atom is 0.0190 e. The van der Waals surface area contributed by atoms with Crippen molar-refractivity contribution in [2.45, 2.75) is 25.9 Å². The molecule has 0 spiro atoms. The topological polar surface area (TPSA) is 24.1 Å². The molecule has 1 aliphatic rings. The Morgan fingerprint density at radius 3 is 1.62 bits per heavy atom. The van der Waals surface area contributed by atoms with Gasteiger partial charge in [0, 0.05) is 25.2 Å². The van der Waals surface area contributed by atoms with Crippen molar-refractivity contribution in [1.82, 2.24) is 10.6 Å². The first kappa shape index (κ1) is 6.05. The van der Waals surface area contributed by atoms with Crippen LogP contribution in [0.4, 0.5) is 0 Å². The molecule has 48 valence electrons. The summed E-state index contributed by atoms with van der Waals surface area (Å²) < 4.78 is 0. The van der Waals surface area contributed by atoms with Crippen LogP contribution in [0.15, 0.2) is 0 Å². The third-order valence-electron chi connectivity index (χ3n) is 1.81. The summed E-state index contributed by atoms with van der Waals surface area (Å²) in [7, 11) is 0. The molecule has 0 aliphatic carbocycles. The highest BCUT2D eigenvalue weighted by atomic mass is 15.1. The Labute approximate surface area is 50.7 Å². The van der Waals surface area contributed by atoms with Crippen molar-refractivity contribution in [3.63, 3.8) is 0 Å². The normalized spacial score (nSPS) is 39.8. The van der Waals surface area contributed by atoms with Crippen molar-refractivity contribution in [2.24, 2.45) is 0 Å². The molecule has 0 amide bonds. The quantitative estimate of drug-likeness (QED) is 0.461. The van der Waals surface area contributed by atoms with Crippen molar-refractivity contribution in [3.8, 4) is 0 Å². The maximum atomic E-state index is 3.37. The molecule has 1 heterocycles. The number of nitrogens with one attached hydrogen (secondary N) is 2. The van der Waals surface area contributed by atoms with E-state index in [1.807, 2.05) is 0 Å². The molecule has 1 rings (SSSR count). The second-order valence-corrected chi connectivity index (χ2v) is 2.49. The summed E-state index contributed by atoms with van der Waals surface area (Å²) in [6.07, 6.45) is 0. The first-order valence-corrected chi connectivity index (χ1v) is 3.27. The van der Waals surface area contributed by atoms with Crippen LogP contribution in [0.5, 0.6) is 0 Å². The van der Waals surface area contributed by atoms with Gasteiger partial charge in [-0.2, -0.15) is 0 Å². The largest absolute Gasteiger partial charge is 0.311 e. The number of hydrogen-bond donors (Lipinski definition) is 2. The first-order chi connectivity index (χ1) is 3.80. The maximum absolute atomic E-state index is 3.37. The smallest absolute Gasteiger partial charge is 0.0190 e. The van der Waals surface area contributed by atoms with Crippen molar-refractivity contribution < 1.29 is 0 Å². The van der Waals surface area contributed by atoms with E-state index in [9.17, 15) is 0 Å². The van der Waals surface area contributed by atoms with Crippen molar-refractivity contribution >= 4 is 0 Å². The monoisotopic (exact) mass is 114 g/mol. The Balaban J connectivity index is 2.28. The van der Waals surface area contributed by atoms with Gasteiger partial charge in [-0.15, -0.1) is 0 Å². The average Bonchev–Trinajstić information content (AvgIpc) is 1.77. The van der Waals surface area contributed by atoms with Crippen LogP contribution < -0.4 is 10.6 Å². The van der Waals surface area contributed by atoms with E-state index in [0.717, 1.165) is 13.1 Å². The zero-order valence-corrected chi connectivity index (χ0v) is 5.57. The lowest BCUT2D eigenvalue weighted by Crippen LogP contribution is -2.52. The summed E-state index contributed by atoms with van der Waals surface area (Å²) >= 11 is 0. The lowest BCUT2D eigenvalue weighted by Gasteiger charge is -2.27. The van der Waals surface area contributed by atoms with E-state index in [0.29, 0.717) is 12.1 Å². The predicted molar refractivity (Wildman–Crippen MR) is 34.9 cm³/mol. The summed E-state index contributed by atoms with van der Waals surface area (Å²) in [4.78, 5) is 0. The van der Waals surface area contributed by atoms with E-state index >= 15 is 0 Å². The molecular formula is C6H14N2. The molecule has 1 fully saturated rings. The second kappa shape index (κ2) is 2.46. The Morgan fingerprint density at radius 1 is 1.00 bits per heavy atom. The van der Waals surface area contributed by atoms with Crippen LogP contribution in [0.3, 0.4) is 0 Å². The summed E-state index contributed by atoms with van der Waals surface area (Å²) in [6.45, 7) is 6.64. The van der Waals surface area contributed by atoms with Gasteiger partial charge < -0.3 is 10.6 Å². The molecule has 0 saturated carbocycles. The third-order valence-corrected chi connectivity index (χ3v) is 1.81. The van der Waals surface area contributed by atoms with Gasteiger partial charge in [0.2, 0.25) is 0 Å². The van der Waals surface area contributed by atoms with Gasteiger partial charge >= 0.3 is 0 Å². The molecule has 2 nitrogen and oxygen atoms in total. The van der Waals surface area contributed by atoms with E-state index in [4.69, 9.17) is 0 Å². The van der Waals surface area contributed by atoms with Crippen LogP contribution >= 0.6 is 0 Å². The van der Waals surface area contributed by atoms with E-state index < -0.39 is 0 Å². The molecule has 8 heavy (non-hydrogen) atoms. The third kappa shape index (κ3) is 1.20. The average molecular weight is 114 g/mol. The summed E-state index contributed by atoms with van der Waals surface area (Å²) in [5.74, 6) is 0. The minimum Gasteiger partial charge on any atom is -0.311 e. The van der Waals surface area contributed by atoms with Gasteiger partial charge in [0.25, 0.3) is 0 Å². The van der Waals surface area contributed by atoms with Crippen LogP contribution in [-0.2, 0) is 0 Å². The second-order valence-electron chi connectivity index (χ2n) is 2.49.